The van der Waals surface area contributed by atoms with Crippen molar-refractivity contribution in [3.05, 3.63) is 0 Å². The highest BCUT2D eigenvalue weighted by Crippen LogP contribution is 2.43. The van der Waals surface area contributed by atoms with E-state index < -0.39 is 0 Å². The minimum Gasteiger partial charge on any atom is -0.0654 e. The Balaban J connectivity index is 4.88. The van der Waals surface area contributed by atoms with Crippen LogP contribution in [0.5, 0.6) is 0 Å². The van der Waals surface area contributed by atoms with Gasteiger partial charge >= 0.3 is 0 Å². The summed E-state index contributed by atoms with van der Waals surface area (Å²) in [6.45, 7) is 24.2. The molecule has 0 radical (unpaired) electrons. The monoisotopic (exact) mass is 310 g/mol. The van der Waals surface area contributed by atoms with Crippen LogP contribution in [-0.4, -0.2) is 0 Å². The highest BCUT2D eigenvalue weighted by molar-refractivity contribution is 4.83. The average Bonchev–Trinajstić information content (AvgIpc) is 2.27. The van der Waals surface area contributed by atoms with Crippen molar-refractivity contribution in [2.45, 2.75) is 114 Å². The quantitative estimate of drug-likeness (QED) is 0.397. The van der Waals surface area contributed by atoms with Gasteiger partial charge in [0.2, 0.25) is 0 Å². The van der Waals surface area contributed by atoms with Crippen LogP contribution in [-0.2, 0) is 0 Å². The summed E-state index contributed by atoms with van der Waals surface area (Å²) in [7, 11) is 0. The predicted octanol–water partition coefficient (Wildman–Crippen LogP) is 8.11. The van der Waals surface area contributed by atoms with Crippen molar-refractivity contribution in [1.82, 2.24) is 0 Å². The summed E-state index contributed by atoms with van der Waals surface area (Å²) < 4.78 is 0. The Morgan fingerprint density at radius 2 is 1.09 bits per heavy atom. The Kier molecular flexibility index (Phi) is 8.74. The summed E-state index contributed by atoms with van der Waals surface area (Å²) in [5.74, 6) is 1.71. The molecular weight excluding hydrogens is 264 g/mol. The third-order valence-electron chi connectivity index (χ3n) is 5.42. The molecule has 22 heavy (non-hydrogen) atoms. The van der Waals surface area contributed by atoms with Crippen LogP contribution in [0.1, 0.15) is 114 Å². The van der Waals surface area contributed by atoms with Crippen molar-refractivity contribution >= 4 is 0 Å². The van der Waals surface area contributed by atoms with Crippen molar-refractivity contribution in [2.75, 3.05) is 0 Å². The van der Waals surface area contributed by atoms with Gasteiger partial charge in [-0.3, -0.25) is 0 Å². The van der Waals surface area contributed by atoms with E-state index in [2.05, 4.69) is 69.2 Å². The first-order valence-electron chi connectivity index (χ1n) is 9.77. The number of rotatable bonds is 8. The van der Waals surface area contributed by atoms with Crippen LogP contribution in [0.15, 0.2) is 0 Å². The van der Waals surface area contributed by atoms with E-state index in [0.29, 0.717) is 16.2 Å². The molecule has 0 aromatic carbocycles. The minimum atomic E-state index is 0.430. The van der Waals surface area contributed by atoms with E-state index in [1.165, 1.54) is 44.9 Å². The predicted molar refractivity (Wildman–Crippen MR) is 103 cm³/mol. The molecule has 0 rings (SSSR count). The zero-order chi connectivity index (χ0) is 17.6. The largest absolute Gasteiger partial charge is 0.0654 e. The summed E-state index contributed by atoms with van der Waals surface area (Å²) in [5, 5.41) is 0. The van der Waals surface area contributed by atoms with E-state index in [9.17, 15) is 0 Å². The highest BCUT2D eigenvalue weighted by atomic mass is 14.4. The Morgan fingerprint density at radius 1 is 0.636 bits per heavy atom. The molecule has 2 atom stereocenters. The molecule has 0 amide bonds. The number of hydrogen-bond donors (Lipinski definition) is 0. The molecule has 0 heteroatoms. The van der Waals surface area contributed by atoms with Crippen molar-refractivity contribution in [2.24, 2.45) is 28.1 Å². The third kappa shape index (κ3) is 9.90. The summed E-state index contributed by atoms with van der Waals surface area (Å²) in [6.07, 6.45) is 9.70. The fourth-order valence-corrected chi connectivity index (χ4v) is 3.40. The van der Waals surface area contributed by atoms with Gasteiger partial charge in [0.05, 0.1) is 0 Å². The van der Waals surface area contributed by atoms with Gasteiger partial charge in [-0.25, -0.2) is 0 Å². The van der Waals surface area contributed by atoms with Crippen molar-refractivity contribution < 1.29 is 0 Å². The van der Waals surface area contributed by atoms with Crippen molar-refractivity contribution in [3.63, 3.8) is 0 Å². The summed E-state index contributed by atoms with van der Waals surface area (Å²) in [6, 6.07) is 0. The molecule has 0 bridgehead atoms. The normalized spacial score (nSPS) is 16.6. The molecule has 0 aromatic rings. The van der Waals surface area contributed by atoms with Crippen LogP contribution < -0.4 is 0 Å². The van der Waals surface area contributed by atoms with E-state index in [4.69, 9.17) is 0 Å². The molecule has 0 fully saturated rings. The lowest BCUT2D eigenvalue weighted by Crippen LogP contribution is -2.30. The smallest absolute Gasteiger partial charge is 0.0354 e. The fourth-order valence-electron chi connectivity index (χ4n) is 3.40. The average molecular weight is 311 g/mol. The highest BCUT2D eigenvalue weighted by Gasteiger charge is 2.32. The van der Waals surface area contributed by atoms with Gasteiger partial charge in [-0.15, -0.1) is 0 Å². The lowest BCUT2D eigenvalue weighted by Gasteiger charge is -2.40. The second kappa shape index (κ2) is 8.74. The Hall–Kier alpha value is 0. The molecule has 0 heterocycles. The molecule has 0 aliphatic carbocycles. The Morgan fingerprint density at radius 3 is 1.45 bits per heavy atom. The van der Waals surface area contributed by atoms with Gasteiger partial charge in [-0.1, -0.05) is 88.5 Å². The van der Waals surface area contributed by atoms with E-state index in [1.54, 1.807) is 0 Å². The van der Waals surface area contributed by atoms with Gasteiger partial charge in [-0.05, 0) is 53.8 Å². The zero-order valence-corrected chi connectivity index (χ0v) is 17.6. The van der Waals surface area contributed by atoms with E-state index >= 15 is 0 Å². The van der Waals surface area contributed by atoms with Crippen LogP contribution in [0.3, 0.4) is 0 Å². The molecule has 0 spiro atoms. The lowest BCUT2D eigenvalue weighted by atomic mass is 9.66. The zero-order valence-electron chi connectivity index (χ0n) is 17.6. The van der Waals surface area contributed by atoms with Crippen LogP contribution in [0.25, 0.3) is 0 Å². The lowest BCUT2D eigenvalue weighted by molar-refractivity contribution is 0.108. The minimum absolute atomic E-state index is 0.430. The van der Waals surface area contributed by atoms with Crippen LogP contribution in [0.2, 0.25) is 0 Å². The van der Waals surface area contributed by atoms with Crippen LogP contribution >= 0.6 is 0 Å². The van der Waals surface area contributed by atoms with E-state index in [0.717, 1.165) is 11.8 Å². The maximum Gasteiger partial charge on any atom is -0.0354 e. The molecule has 2 unspecified atom stereocenters. The van der Waals surface area contributed by atoms with E-state index in [1.807, 2.05) is 0 Å². The first-order valence-corrected chi connectivity index (χ1v) is 9.77. The van der Waals surface area contributed by atoms with Gasteiger partial charge in [0.15, 0.2) is 0 Å². The third-order valence-corrected chi connectivity index (χ3v) is 5.42. The van der Waals surface area contributed by atoms with Gasteiger partial charge in [0, 0.05) is 0 Å². The first-order chi connectivity index (χ1) is 9.77. The van der Waals surface area contributed by atoms with E-state index in [-0.39, 0.29) is 0 Å². The van der Waals surface area contributed by atoms with Gasteiger partial charge in [0.25, 0.3) is 0 Å². The molecule has 134 valence electrons. The SMILES string of the molecule is CCCCCC(CC(CCC(C)(C)C)C(C)(C)C)C(C)(C)C. The van der Waals surface area contributed by atoms with Gasteiger partial charge < -0.3 is 0 Å². The maximum atomic E-state index is 2.45. The molecule has 0 aromatic heterocycles. The molecule has 0 N–H and O–H groups in total. The second-order valence-corrected chi connectivity index (χ2v) is 11.0. The van der Waals surface area contributed by atoms with Crippen molar-refractivity contribution in [1.29, 1.82) is 0 Å². The number of hydrogen-bond acceptors (Lipinski definition) is 0. The van der Waals surface area contributed by atoms with Gasteiger partial charge in [-0.2, -0.15) is 0 Å². The second-order valence-electron chi connectivity index (χ2n) is 11.0. The first kappa shape index (κ1) is 22.0. The van der Waals surface area contributed by atoms with Gasteiger partial charge in [0.1, 0.15) is 0 Å². The molecule has 0 aliphatic rings. The summed E-state index contributed by atoms with van der Waals surface area (Å²) in [5.41, 5.74) is 1.33. The fraction of sp³-hybridized carbons (Fsp3) is 1.00. The van der Waals surface area contributed by atoms with Crippen LogP contribution in [0, 0.1) is 28.1 Å². The molecule has 0 aliphatic heterocycles. The maximum absolute atomic E-state index is 2.45. The van der Waals surface area contributed by atoms with Crippen LogP contribution in [0.4, 0.5) is 0 Å². The van der Waals surface area contributed by atoms with Crippen molar-refractivity contribution in [3.8, 4) is 0 Å². The summed E-state index contributed by atoms with van der Waals surface area (Å²) >= 11 is 0. The molecule has 0 saturated heterocycles. The molecule has 0 saturated carbocycles. The Labute approximate surface area is 142 Å². The summed E-state index contributed by atoms with van der Waals surface area (Å²) in [4.78, 5) is 0. The Bertz CT molecular complexity index is 279. The molecular formula is C22H46. The standard InChI is InChI=1S/C22H46/c1-11-12-13-14-18(21(5,6)7)17-19(22(8,9)10)15-16-20(2,3)4/h18-19H,11-17H2,1-10H3. The topological polar surface area (TPSA) is 0 Å². The number of unbranched alkanes of at least 4 members (excludes halogenated alkanes) is 2. The molecule has 0 nitrogen and oxygen atoms in total.